The molecule has 194 valence electrons. The molecule has 1 aromatic heterocycles. The monoisotopic (exact) mass is 519 g/mol. The zero-order valence-corrected chi connectivity index (χ0v) is 20.4. The molecule has 3 aromatic rings. The summed E-state index contributed by atoms with van der Waals surface area (Å²) in [7, 11) is 0. The topological polar surface area (TPSA) is 96.7 Å². The summed E-state index contributed by atoms with van der Waals surface area (Å²) in [4.78, 5) is 54.2. The van der Waals surface area contributed by atoms with Gasteiger partial charge in [0, 0.05) is 42.4 Å². The van der Waals surface area contributed by atoms with Crippen LogP contribution >= 0.6 is 0 Å². The molecule has 38 heavy (non-hydrogen) atoms. The first-order valence-corrected chi connectivity index (χ1v) is 11.9. The van der Waals surface area contributed by atoms with Crippen molar-refractivity contribution in [2.45, 2.75) is 26.6 Å². The maximum absolute atomic E-state index is 14.5. The predicted molar refractivity (Wildman–Crippen MR) is 136 cm³/mol. The van der Waals surface area contributed by atoms with Gasteiger partial charge in [-0.25, -0.2) is 18.4 Å². The van der Waals surface area contributed by atoms with E-state index in [9.17, 15) is 28.0 Å². The third-order valence-electron chi connectivity index (χ3n) is 6.49. The Labute approximate surface area is 215 Å². The molecule has 1 N–H and O–H groups in total. The minimum Gasteiger partial charge on any atom is -0.314 e. The van der Waals surface area contributed by atoms with Crippen LogP contribution in [0.4, 0.5) is 19.3 Å². The van der Waals surface area contributed by atoms with Crippen molar-refractivity contribution in [2.75, 3.05) is 11.9 Å². The lowest BCUT2D eigenvalue weighted by molar-refractivity contribution is -0.129. The fourth-order valence-electron chi connectivity index (χ4n) is 4.46. The molecule has 3 amide bonds. The number of fused-ring (bicyclic) bond motifs is 1. The normalized spacial score (nSPS) is 14.7. The first kappa shape index (κ1) is 24.9. The number of anilines is 1. The number of para-hydroxylation sites is 1. The van der Waals surface area contributed by atoms with Gasteiger partial charge in [-0.1, -0.05) is 30.3 Å². The number of carbonyl (C=O) groups excluding carboxylic acids is 2. The third-order valence-corrected chi connectivity index (χ3v) is 6.49. The van der Waals surface area contributed by atoms with Crippen molar-refractivity contribution in [1.29, 1.82) is 0 Å². The maximum atomic E-state index is 14.5. The molecule has 0 atom stereocenters. The van der Waals surface area contributed by atoms with Gasteiger partial charge in [0.2, 0.25) is 5.91 Å². The number of hydrogen-bond acceptors (Lipinski definition) is 4. The van der Waals surface area contributed by atoms with E-state index in [1.54, 1.807) is 24.0 Å². The number of hydrogen-bond donors (Lipinski definition) is 1. The number of allylic oxidation sites excluding steroid dienone is 1. The summed E-state index contributed by atoms with van der Waals surface area (Å²) in [6, 6.07) is 10.6. The summed E-state index contributed by atoms with van der Waals surface area (Å²) in [5.41, 5.74) is 0.263. The highest BCUT2D eigenvalue weighted by molar-refractivity contribution is 5.93. The van der Waals surface area contributed by atoms with Crippen LogP contribution in [0.15, 0.2) is 82.3 Å². The van der Waals surface area contributed by atoms with Crippen LogP contribution in [0.1, 0.15) is 12.5 Å². The van der Waals surface area contributed by atoms with E-state index in [1.165, 1.54) is 23.2 Å². The van der Waals surface area contributed by atoms with Crippen molar-refractivity contribution in [3.63, 3.8) is 0 Å². The fraction of sp³-hybridized carbons (Fsp3) is 0.185. The van der Waals surface area contributed by atoms with E-state index in [1.807, 2.05) is 24.3 Å². The van der Waals surface area contributed by atoms with Crippen LogP contribution in [0.2, 0.25) is 0 Å². The van der Waals surface area contributed by atoms with Gasteiger partial charge in [-0.05, 0) is 36.8 Å². The summed E-state index contributed by atoms with van der Waals surface area (Å²) >= 11 is 0. The second-order valence-corrected chi connectivity index (χ2v) is 8.77. The number of benzene rings is 2. The number of rotatable bonds is 5. The number of aromatic nitrogens is 2. The highest BCUT2D eigenvalue weighted by Gasteiger charge is 2.26. The zero-order valence-electron chi connectivity index (χ0n) is 20.4. The Morgan fingerprint density at radius 1 is 1.03 bits per heavy atom. The van der Waals surface area contributed by atoms with Gasteiger partial charge < -0.3 is 10.2 Å². The summed E-state index contributed by atoms with van der Waals surface area (Å²) in [6.07, 6.45) is 5.93. The van der Waals surface area contributed by atoms with E-state index in [-0.39, 0.29) is 30.2 Å². The van der Waals surface area contributed by atoms with Crippen molar-refractivity contribution >= 4 is 17.6 Å². The van der Waals surface area contributed by atoms with Crippen molar-refractivity contribution < 1.29 is 18.4 Å². The van der Waals surface area contributed by atoms with Crippen molar-refractivity contribution in [3.05, 3.63) is 111 Å². The molecular formula is C27H23F2N5O4. The van der Waals surface area contributed by atoms with Crippen molar-refractivity contribution in [2.24, 2.45) is 0 Å². The van der Waals surface area contributed by atoms with Crippen LogP contribution in [0.5, 0.6) is 0 Å². The first-order chi connectivity index (χ1) is 18.3. The zero-order chi connectivity index (χ0) is 27.0. The van der Waals surface area contributed by atoms with Crippen LogP contribution in [0, 0.1) is 11.6 Å². The van der Waals surface area contributed by atoms with E-state index in [0.717, 1.165) is 32.6 Å². The van der Waals surface area contributed by atoms with E-state index >= 15 is 0 Å². The van der Waals surface area contributed by atoms with E-state index in [0.29, 0.717) is 12.2 Å². The predicted octanol–water partition coefficient (Wildman–Crippen LogP) is 3.26. The standard InChI is InChI=1S/C27H23F2N5O4/c1-2-33-25(36)20(19-7-5-8-21(28)24(19)29)15-32(27(33)38)16-23(35)31-12-10-18(11-13-31)34-14-17-6-3-4-9-22(17)30-26(34)37/h3-12,15H,2,13-14,16H2,1H3,(H,30,37). The molecule has 0 unspecified atom stereocenters. The van der Waals surface area contributed by atoms with E-state index < -0.39 is 35.3 Å². The minimum atomic E-state index is -1.22. The van der Waals surface area contributed by atoms with E-state index in [4.69, 9.17) is 0 Å². The molecule has 0 bridgehead atoms. The lowest BCUT2D eigenvalue weighted by Crippen LogP contribution is -2.43. The summed E-state index contributed by atoms with van der Waals surface area (Å²) in [5.74, 6) is -2.82. The molecule has 3 heterocycles. The van der Waals surface area contributed by atoms with Gasteiger partial charge in [0.05, 0.1) is 12.1 Å². The molecule has 0 spiro atoms. The molecule has 0 fully saturated rings. The number of carbonyl (C=O) groups is 2. The number of amides is 3. The van der Waals surface area contributed by atoms with Gasteiger partial charge in [0.25, 0.3) is 5.56 Å². The summed E-state index contributed by atoms with van der Waals surface area (Å²) in [6.45, 7) is 1.63. The second kappa shape index (κ2) is 9.92. The Balaban J connectivity index is 1.37. The van der Waals surface area contributed by atoms with Gasteiger partial charge in [-0.3, -0.25) is 23.6 Å². The Bertz CT molecular complexity index is 1640. The molecule has 2 aromatic carbocycles. The lowest BCUT2D eigenvalue weighted by atomic mass is 10.1. The molecule has 0 saturated heterocycles. The van der Waals surface area contributed by atoms with Crippen LogP contribution in [-0.2, 0) is 24.4 Å². The van der Waals surface area contributed by atoms with Gasteiger partial charge in [-0.2, -0.15) is 0 Å². The molecule has 2 aliphatic rings. The average Bonchev–Trinajstić information content (AvgIpc) is 2.92. The minimum absolute atomic E-state index is 0.0205. The molecule has 9 nitrogen and oxygen atoms in total. The molecule has 0 saturated carbocycles. The molecule has 11 heteroatoms. The Morgan fingerprint density at radius 2 is 1.82 bits per heavy atom. The maximum Gasteiger partial charge on any atom is 0.331 e. The van der Waals surface area contributed by atoms with Crippen LogP contribution in [0.3, 0.4) is 0 Å². The smallest absolute Gasteiger partial charge is 0.314 e. The molecule has 0 radical (unpaired) electrons. The average molecular weight is 520 g/mol. The summed E-state index contributed by atoms with van der Waals surface area (Å²) < 4.78 is 30.1. The molecular weight excluding hydrogens is 496 g/mol. The highest BCUT2D eigenvalue weighted by Crippen LogP contribution is 2.27. The van der Waals surface area contributed by atoms with Crippen LogP contribution in [0.25, 0.3) is 11.1 Å². The molecule has 0 aliphatic carbocycles. The number of halogens is 2. The highest BCUT2D eigenvalue weighted by atomic mass is 19.2. The lowest BCUT2D eigenvalue weighted by Gasteiger charge is -2.32. The SMILES string of the molecule is CCn1c(=O)c(-c2cccc(F)c2F)cn(CC(=O)N2C=CC(N3Cc4ccccc4NC3=O)=CC2)c1=O. The van der Waals surface area contributed by atoms with E-state index in [2.05, 4.69) is 5.32 Å². The fourth-order valence-corrected chi connectivity index (χ4v) is 4.46. The van der Waals surface area contributed by atoms with Crippen molar-refractivity contribution in [3.8, 4) is 11.1 Å². The number of nitrogens with zero attached hydrogens (tertiary/aromatic N) is 4. The molecule has 5 rings (SSSR count). The van der Waals surface area contributed by atoms with Crippen molar-refractivity contribution in [1.82, 2.24) is 18.9 Å². The van der Waals surface area contributed by atoms with Crippen LogP contribution in [-0.4, -0.2) is 37.4 Å². The third kappa shape index (κ3) is 4.42. The Hall–Kier alpha value is -4.80. The van der Waals surface area contributed by atoms with Crippen LogP contribution < -0.4 is 16.6 Å². The number of nitrogens with one attached hydrogen (secondary N) is 1. The quantitative estimate of drug-likeness (QED) is 0.560. The number of urea groups is 1. The largest absolute Gasteiger partial charge is 0.331 e. The first-order valence-electron chi connectivity index (χ1n) is 11.9. The van der Waals surface area contributed by atoms with Gasteiger partial charge in [0.15, 0.2) is 11.6 Å². The summed E-state index contributed by atoms with van der Waals surface area (Å²) in [5, 5.41) is 2.84. The molecule has 2 aliphatic heterocycles. The second-order valence-electron chi connectivity index (χ2n) is 8.77. The Morgan fingerprint density at radius 3 is 2.55 bits per heavy atom. The van der Waals surface area contributed by atoms with Gasteiger partial charge >= 0.3 is 11.7 Å². The Kier molecular flexibility index (Phi) is 6.50. The van der Waals surface area contributed by atoms with Gasteiger partial charge in [0.1, 0.15) is 6.54 Å². The van der Waals surface area contributed by atoms with Gasteiger partial charge in [-0.15, -0.1) is 0 Å².